The van der Waals surface area contributed by atoms with E-state index in [-0.39, 0.29) is 11.1 Å². The Labute approximate surface area is 92.1 Å². The fourth-order valence-electron chi connectivity index (χ4n) is 1.71. The molecule has 1 aromatic heterocycles. The summed E-state index contributed by atoms with van der Waals surface area (Å²) in [5.74, 6) is 0.813. The summed E-state index contributed by atoms with van der Waals surface area (Å²) in [5, 5.41) is 5.87. The molecule has 1 fully saturated rings. The third-order valence-corrected chi connectivity index (χ3v) is 3.51. The molecule has 1 aliphatic heterocycles. The van der Waals surface area contributed by atoms with Crippen LogP contribution in [0.25, 0.3) is 0 Å². The maximum atomic E-state index is 10.9. The van der Waals surface area contributed by atoms with Crippen molar-refractivity contribution in [2.45, 2.75) is 17.5 Å². The monoisotopic (exact) mass is 250 g/mol. The van der Waals surface area contributed by atoms with Gasteiger partial charge in [-0.25, -0.2) is 13.4 Å². The molecule has 1 aliphatic rings. The van der Waals surface area contributed by atoms with E-state index in [1.54, 1.807) is 0 Å². The number of likely N-dealkylation sites (tertiary alicyclic amines) is 1. The topological polar surface area (TPSA) is 79.0 Å². The molecule has 0 saturated carbocycles. The predicted octanol–water partition coefficient (Wildman–Crippen LogP) is 0.151. The van der Waals surface area contributed by atoms with E-state index in [2.05, 4.69) is 20.1 Å². The largest absolute Gasteiger partial charge is 0.306 e. The number of hydrogen-bond acceptors (Lipinski definition) is 5. The van der Waals surface area contributed by atoms with E-state index < -0.39 is 9.05 Å². The second-order valence-electron chi connectivity index (χ2n) is 3.69. The van der Waals surface area contributed by atoms with Crippen LogP contribution < -0.4 is 0 Å². The van der Waals surface area contributed by atoms with Crippen LogP contribution in [0, 0.1) is 0 Å². The minimum Gasteiger partial charge on any atom is -0.306 e. The molecule has 1 atom stereocenters. The number of nitrogens with one attached hydrogen (secondary N) is 1. The lowest BCUT2D eigenvalue weighted by molar-refractivity contribution is 0.409. The standard InChI is InChI=1S/C7H11ClN4O2S/c1-12-3-2-5(4-12)6-9-7(11-10-6)15(8,13)14/h5H,2-4H2,1H3,(H,9,10,11). The Balaban J connectivity index is 2.21. The fraction of sp³-hybridized carbons (Fsp3) is 0.714. The van der Waals surface area contributed by atoms with E-state index in [1.807, 2.05) is 7.05 Å². The molecule has 6 nitrogen and oxygen atoms in total. The van der Waals surface area contributed by atoms with Crippen LogP contribution in [-0.4, -0.2) is 48.6 Å². The lowest BCUT2D eigenvalue weighted by Gasteiger charge is -2.06. The van der Waals surface area contributed by atoms with Gasteiger partial charge in [-0.05, 0) is 20.0 Å². The highest BCUT2D eigenvalue weighted by Crippen LogP contribution is 2.24. The number of rotatable bonds is 2. The van der Waals surface area contributed by atoms with Gasteiger partial charge in [0, 0.05) is 23.1 Å². The molecule has 0 aliphatic carbocycles. The minimum atomic E-state index is -3.82. The number of H-pyrrole nitrogens is 1. The maximum Gasteiger partial charge on any atom is 0.298 e. The van der Waals surface area contributed by atoms with Crippen LogP contribution in [0.1, 0.15) is 18.2 Å². The van der Waals surface area contributed by atoms with Crippen LogP contribution >= 0.6 is 10.7 Å². The van der Waals surface area contributed by atoms with E-state index in [9.17, 15) is 8.42 Å². The van der Waals surface area contributed by atoms with Gasteiger partial charge in [0.05, 0.1) is 0 Å². The molecule has 0 bridgehead atoms. The molecule has 0 amide bonds. The van der Waals surface area contributed by atoms with E-state index in [1.165, 1.54) is 0 Å². The number of likely N-dealkylation sites (N-methyl/N-ethyl adjacent to an activating group) is 1. The molecule has 0 spiro atoms. The number of aromatic nitrogens is 3. The van der Waals surface area contributed by atoms with E-state index in [0.29, 0.717) is 5.82 Å². The Kier molecular flexibility index (Phi) is 2.70. The Morgan fingerprint density at radius 1 is 1.60 bits per heavy atom. The first-order valence-corrected chi connectivity index (χ1v) is 6.83. The SMILES string of the molecule is CN1CCC(c2nc(S(=O)(=O)Cl)n[nH]2)C1. The molecule has 1 unspecified atom stereocenters. The summed E-state index contributed by atoms with van der Waals surface area (Å²) >= 11 is 0. The van der Waals surface area contributed by atoms with Gasteiger partial charge in [0.25, 0.3) is 14.2 Å². The van der Waals surface area contributed by atoms with Gasteiger partial charge in [0.15, 0.2) is 0 Å². The smallest absolute Gasteiger partial charge is 0.298 e. The Bertz CT molecular complexity index is 457. The van der Waals surface area contributed by atoms with Gasteiger partial charge in [-0.3, -0.25) is 5.10 Å². The van der Waals surface area contributed by atoms with Gasteiger partial charge in [-0.1, -0.05) is 0 Å². The van der Waals surface area contributed by atoms with Crippen molar-refractivity contribution >= 4 is 19.7 Å². The number of hydrogen-bond donors (Lipinski definition) is 1. The van der Waals surface area contributed by atoms with Crippen LogP contribution in [0.3, 0.4) is 0 Å². The normalized spacial score (nSPS) is 23.5. The quantitative estimate of drug-likeness (QED) is 0.756. The highest BCUT2D eigenvalue weighted by atomic mass is 35.7. The molecule has 2 heterocycles. The summed E-state index contributed by atoms with van der Waals surface area (Å²) < 4.78 is 21.9. The first-order chi connectivity index (χ1) is 6.97. The van der Waals surface area contributed by atoms with Gasteiger partial charge in [-0.2, -0.15) is 0 Å². The van der Waals surface area contributed by atoms with E-state index in [4.69, 9.17) is 10.7 Å². The zero-order valence-corrected chi connectivity index (χ0v) is 9.72. The van der Waals surface area contributed by atoms with Crippen molar-refractivity contribution in [2.24, 2.45) is 0 Å². The Morgan fingerprint density at radius 3 is 2.80 bits per heavy atom. The van der Waals surface area contributed by atoms with E-state index >= 15 is 0 Å². The average molecular weight is 251 g/mol. The molecular formula is C7H11ClN4O2S. The Hall–Kier alpha value is -0.660. The summed E-state index contributed by atoms with van der Waals surface area (Å²) in [6.45, 7) is 1.84. The van der Waals surface area contributed by atoms with Gasteiger partial charge in [-0.15, -0.1) is 5.10 Å². The second kappa shape index (κ2) is 3.73. The zero-order chi connectivity index (χ0) is 11.1. The van der Waals surface area contributed by atoms with Crippen molar-refractivity contribution in [3.63, 3.8) is 0 Å². The Morgan fingerprint density at radius 2 is 2.33 bits per heavy atom. The highest BCUT2D eigenvalue weighted by Gasteiger charge is 2.26. The molecule has 84 valence electrons. The fourth-order valence-corrected chi connectivity index (χ4v) is 2.28. The molecule has 15 heavy (non-hydrogen) atoms. The predicted molar refractivity (Wildman–Crippen MR) is 54.3 cm³/mol. The molecule has 1 N–H and O–H groups in total. The van der Waals surface area contributed by atoms with Crippen LogP contribution in [0.2, 0.25) is 0 Å². The van der Waals surface area contributed by atoms with E-state index in [0.717, 1.165) is 19.5 Å². The first kappa shape index (κ1) is 10.8. The first-order valence-electron chi connectivity index (χ1n) is 4.52. The van der Waals surface area contributed by atoms with Crippen molar-refractivity contribution in [1.82, 2.24) is 20.1 Å². The lowest BCUT2D eigenvalue weighted by atomic mass is 10.1. The van der Waals surface area contributed by atoms with Crippen LogP contribution in [-0.2, 0) is 9.05 Å². The molecule has 1 aromatic rings. The van der Waals surface area contributed by atoms with Crippen molar-refractivity contribution in [3.05, 3.63) is 5.82 Å². The maximum absolute atomic E-state index is 10.9. The van der Waals surface area contributed by atoms with Crippen molar-refractivity contribution in [1.29, 1.82) is 0 Å². The lowest BCUT2D eigenvalue weighted by Crippen LogP contribution is -2.13. The molecule has 1 saturated heterocycles. The number of halogens is 1. The molecule has 0 aromatic carbocycles. The summed E-state index contributed by atoms with van der Waals surface area (Å²) in [6, 6.07) is 0. The van der Waals surface area contributed by atoms with Crippen molar-refractivity contribution in [2.75, 3.05) is 20.1 Å². The number of aromatic amines is 1. The van der Waals surface area contributed by atoms with Crippen molar-refractivity contribution in [3.8, 4) is 0 Å². The van der Waals surface area contributed by atoms with Gasteiger partial charge < -0.3 is 4.90 Å². The average Bonchev–Trinajstić information content (AvgIpc) is 2.69. The summed E-state index contributed by atoms with van der Waals surface area (Å²) in [4.78, 5) is 6.04. The molecule has 2 rings (SSSR count). The minimum absolute atomic E-state index is 0.217. The molecular weight excluding hydrogens is 240 g/mol. The van der Waals surface area contributed by atoms with Gasteiger partial charge in [0.2, 0.25) is 0 Å². The van der Waals surface area contributed by atoms with Crippen LogP contribution in [0.5, 0.6) is 0 Å². The summed E-state index contributed by atoms with van der Waals surface area (Å²) in [5.41, 5.74) is 0. The van der Waals surface area contributed by atoms with Crippen LogP contribution in [0.4, 0.5) is 0 Å². The van der Waals surface area contributed by atoms with Gasteiger partial charge in [0.1, 0.15) is 5.82 Å². The van der Waals surface area contributed by atoms with Crippen LogP contribution in [0.15, 0.2) is 5.16 Å². The second-order valence-corrected chi connectivity index (χ2v) is 6.15. The highest BCUT2D eigenvalue weighted by molar-refractivity contribution is 8.13. The molecule has 0 radical (unpaired) electrons. The summed E-state index contributed by atoms with van der Waals surface area (Å²) in [7, 11) is 3.31. The zero-order valence-electron chi connectivity index (χ0n) is 8.14. The number of nitrogens with zero attached hydrogens (tertiary/aromatic N) is 3. The third kappa shape index (κ3) is 2.30. The summed E-state index contributed by atoms with van der Waals surface area (Å²) in [6.07, 6.45) is 0.952. The van der Waals surface area contributed by atoms with Gasteiger partial charge >= 0.3 is 0 Å². The van der Waals surface area contributed by atoms with Crippen molar-refractivity contribution < 1.29 is 8.42 Å². The third-order valence-electron chi connectivity index (χ3n) is 2.48. The molecule has 8 heteroatoms.